The molecular formula is C11H13N. The second-order valence-electron chi connectivity index (χ2n) is 3.31. The van der Waals surface area contributed by atoms with Crippen molar-refractivity contribution in [3.8, 4) is 0 Å². The molecule has 1 aliphatic carbocycles. The second-order valence-corrected chi connectivity index (χ2v) is 3.31. The summed E-state index contributed by atoms with van der Waals surface area (Å²) in [5, 5.41) is 0. The third-order valence-corrected chi connectivity index (χ3v) is 2.53. The van der Waals surface area contributed by atoms with Gasteiger partial charge in [0.15, 0.2) is 0 Å². The Bertz CT molecular complexity index is 315. The van der Waals surface area contributed by atoms with E-state index in [4.69, 9.17) is 5.73 Å². The van der Waals surface area contributed by atoms with E-state index in [2.05, 4.69) is 24.8 Å². The van der Waals surface area contributed by atoms with Crippen molar-refractivity contribution >= 4 is 6.08 Å². The lowest BCUT2D eigenvalue weighted by molar-refractivity contribution is 0.713. The molecular weight excluding hydrogens is 146 g/mol. The minimum absolute atomic E-state index is 0.250. The van der Waals surface area contributed by atoms with E-state index < -0.39 is 0 Å². The fourth-order valence-corrected chi connectivity index (χ4v) is 1.78. The normalized spacial score (nSPS) is 20.6. The molecule has 0 saturated heterocycles. The molecule has 0 fully saturated rings. The number of aryl methyl sites for hydroxylation is 1. The summed E-state index contributed by atoms with van der Waals surface area (Å²) < 4.78 is 0. The maximum atomic E-state index is 5.94. The third kappa shape index (κ3) is 1.07. The van der Waals surface area contributed by atoms with Gasteiger partial charge in [0.1, 0.15) is 0 Å². The van der Waals surface area contributed by atoms with Crippen LogP contribution in [0.1, 0.15) is 29.2 Å². The Morgan fingerprint density at radius 1 is 1.50 bits per heavy atom. The molecule has 1 nitrogen and oxygen atoms in total. The number of benzene rings is 1. The van der Waals surface area contributed by atoms with E-state index >= 15 is 0 Å². The van der Waals surface area contributed by atoms with Crippen LogP contribution in [-0.4, -0.2) is 0 Å². The average molecular weight is 159 g/mol. The van der Waals surface area contributed by atoms with Gasteiger partial charge in [-0.3, -0.25) is 0 Å². The van der Waals surface area contributed by atoms with E-state index in [1.54, 1.807) is 0 Å². The lowest BCUT2D eigenvalue weighted by Crippen LogP contribution is -2.05. The predicted octanol–water partition coefficient (Wildman–Crippen LogP) is 2.28. The first-order valence-electron chi connectivity index (χ1n) is 4.32. The minimum Gasteiger partial charge on any atom is -0.324 e. The fourth-order valence-electron chi connectivity index (χ4n) is 1.78. The summed E-state index contributed by atoms with van der Waals surface area (Å²) in [4.78, 5) is 0. The predicted molar refractivity (Wildman–Crippen MR) is 51.8 cm³/mol. The van der Waals surface area contributed by atoms with E-state index in [-0.39, 0.29) is 6.04 Å². The molecule has 0 heterocycles. The van der Waals surface area contributed by atoms with E-state index in [9.17, 15) is 0 Å². The number of fused-ring (bicyclic) bond motifs is 1. The summed E-state index contributed by atoms with van der Waals surface area (Å²) in [5.74, 6) is 0. The topological polar surface area (TPSA) is 26.0 Å². The Hall–Kier alpha value is -1.08. The van der Waals surface area contributed by atoms with Gasteiger partial charge in [0.2, 0.25) is 0 Å². The monoisotopic (exact) mass is 159 g/mol. The number of hydrogen-bond acceptors (Lipinski definition) is 1. The van der Waals surface area contributed by atoms with Gasteiger partial charge in [-0.05, 0) is 35.6 Å². The van der Waals surface area contributed by atoms with Crippen LogP contribution in [0.25, 0.3) is 6.08 Å². The van der Waals surface area contributed by atoms with Crippen molar-refractivity contribution < 1.29 is 0 Å². The van der Waals surface area contributed by atoms with Gasteiger partial charge in [-0.25, -0.2) is 0 Å². The van der Waals surface area contributed by atoms with Gasteiger partial charge in [0, 0.05) is 6.04 Å². The summed E-state index contributed by atoms with van der Waals surface area (Å²) in [5.41, 5.74) is 9.83. The molecule has 0 spiro atoms. The van der Waals surface area contributed by atoms with Crippen LogP contribution >= 0.6 is 0 Å². The summed E-state index contributed by atoms with van der Waals surface area (Å²) in [6, 6.07) is 6.67. The van der Waals surface area contributed by atoms with Crippen molar-refractivity contribution in [2.24, 2.45) is 5.73 Å². The number of rotatable bonds is 1. The molecule has 1 aliphatic rings. The van der Waals surface area contributed by atoms with E-state index in [1.807, 2.05) is 6.08 Å². The highest BCUT2D eigenvalue weighted by molar-refractivity contribution is 5.51. The van der Waals surface area contributed by atoms with Gasteiger partial charge >= 0.3 is 0 Å². The lowest BCUT2D eigenvalue weighted by Gasteiger charge is -2.04. The van der Waals surface area contributed by atoms with Gasteiger partial charge < -0.3 is 5.73 Å². The van der Waals surface area contributed by atoms with Crippen molar-refractivity contribution in [1.29, 1.82) is 0 Å². The summed E-state index contributed by atoms with van der Waals surface area (Å²) >= 11 is 0. The first-order valence-corrected chi connectivity index (χ1v) is 4.32. The maximum absolute atomic E-state index is 5.94. The highest BCUT2D eigenvalue weighted by atomic mass is 14.6. The van der Waals surface area contributed by atoms with Gasteiger partial charge in [-0.2, -0.15) is 0 Å². The second kappa shape index (κ2) is 2.76. The van der Waals surface area contributed by atoms with Crippen LogP contribution in [0.4, 0.5) is 0 Å². The largest absolute Gasteiger partial charge is 0.324 e. The van der Waals surface area contributed by atoms with E-state index in [0.29, 0.717) is 0 Å². The van der Waals surface area contributed by atoms with Crippen LogP contribution in [0.3, 0.4) is 0 Å². The first-order chi connectivity index (χ1) is 5.81. The molecule has 0 aliphatic heterocycles. The standard InChI is InChI=1S/C11H13N/c1-2-8-3-4-9-5-6-11(12)10(9)7-8/h2-4,7,11H,1,5-6,12H2. The van der Waals surface area contributed by atoms with Crippen molar-refractivity contribution in [2.75, 3.05) is 0 Å². The van der Waals surface area contributed by atoms with Crippen molar-refractivity contribution in [1.82, 2.24) is 0 Å². The fraction of sp³-hybridized carbons (Fsp3) is 0.273. The molecule has 1 atom stereocenters. The van der Waals surface area contributed by atoms with Gasteiger partial charge in [-0.1, -0.05) is 24.8 Å². The van der Waals surface area contributed by atoms with E-state index in [0.717, 1.165) is 12.8 Å². The highest BCUT2D eigenvalue weighted by Gasteiger charge is 2.18. The molecule has 12 heavy (non-hydrogen) atoms. The Morgan fingerprint density at radius 3 is 3.08 bits per heavy atom. The highest BCUT2D eigenvalue weighted by Crippen LogP contribution is 2.29. The quantitative estimate of drug-likeness (QED) is 0.668. The molecule has 0 bridgehead atoms. The van der Waals surface area contributed by atoms with Gasteiger partial charge in [-0.15, -0.1) is 0 Å². The van der Waals surface area contributed by atoms with Crippen LogP contribution in [0.15, 0.2) is 24.8 Å². The van der Waals surface area contributed by atoms with Crippen LogP contribution in [0.2, 0.25) is 0 Å². The Labute approximate surface area is 72.9 Å². The Balaban J connectivity index is 2.50. The average Bonchev–Trinajstić information content (AvgIpc) is 2.47. The molecule has 2 N–H and O–H groups in total. The van der Waals surface area contributed by atoms with Crippen LogP contribution in [-0.2, 0) is 6.42 Å². The van der Waals surface area contributed by atoms with Gasteiger partial charge in [0.25, 0.3) is 0 Å². The molecule has 0 amide bonds. The molecule has 1 unspecified atom stereocenters. The first kappa shape index (κ1) is 7.56. The number of hydrogen-bond donors (Lipinski definition) is 1. The van der Waals surface area contributed by atoms with Gasteiger partial charge in [0.05, 0.1) is 0 Å². The van der Waals surface area contributed by atoms with Crippen LogP contribution < -0.4 is 5.73 Å². The van der Waals surface area contributed by atoms with Crippen LogP contribution in [0.5, 0.6) is 0 Å². The summed E-state index contributed by atoms with van der Waals surface area (Å²) in [6.07, 6.45) is 4.09. The molecule has 1 aromatic rings. The zero-order chi connectivity index (χ0) is 8.55. The van der Waals surface area contributed by atoms with Crippen LogP contribution in [0, 0.1) is 0 Å². The molecule has 1 heteroatoms. The van der Waals surface area contributed by atoms with E-state index in [1.165, 1.54) is 16.7 Å². The van der Waals surface area contributed by atoms with Crippen molar-refractivity contribution in [2.45, 2.75) is 18.9 Å². The maximum Gasteiger partial charge on any atom is 0.0300 e. The molecule has 2 rings (SSSR count). The summed E-state index contributed by atoms with van der Waals surface area (Å²) in [7, 11) is 0. The molecule has 62 valence electrons. The molecule has 1 aromatic carbocycles. The smallest absolute Gasteiger partial charge is 0.0300 e. The Morgan fingerprint density at radius 2 is 2.33 bits per heavy atom. The Kier molecular flexibility index (Phi) is 1.74. The summed E-state index contributed by atoms with van der Waals surface area (Å²) in [6.45, 7) is 3.74. The van der Waals surface area contributed by atoms with Crippen molar-refractivity contribution in [3.05, 3.63) is 41.5 Å². The molecule has 0 aromatic heterocycles. The minimum atomic E-state index is 0.250. The SMILES string of the molecule is C=Cc1ccc2c(c1)C(N)CC2. The lowest BCUT2D eigenvalue weighted by atomic mass is 10.0. The molecule has 0 saturated carbocycles. The zero-order valence-corrected chi connectivity index (χ0v) is 7.09. The number of nitrogens with two attached hydrogens (primary N) is 1. The molecule has 0 radical (unpaired) electrons. The zero-order valence-electron chi connectivity index (χ0n) is 7.09. The third-order valence-electron chi connectivity index (χ3n) is 2.53. The van der Waals surface area contributed by atoms with Crippen molar-refractivity contribution in [3.63, 3.8) is 0 Å².